The fourth-order valence-electron chi connectivity index (χ4n) is 2.94. The molecular weight excluding hydrogens is 228 g/mol. The van der Waals surface area contributed by atoms with E-state index >= 15 is 0 Å². The van der Waals surface area contributed by atoms with Crippen molar-refractivity contribution in [1.82, 2.24) is 0 Å². The van der Waals surface area contributed by atoms with Crippen LogP contribution >= 0.6 is 0 Å². The number of hydrogen-bond donors (Lipinski definition) is 0. The number of hydrogen-bond acceptors (Lipinski definition) is 3. The largest absolute Gasteiger partial charge is 0.462 e. The quantitative estimate of drug-likeness (QED) is 0.621. The molecule has 1 saturated heterocycles. The molecule has 1 fully saturated rings. The van der Waals surface area contributed by atoms with Crippen LogP contribution in [-0.2, 0) is 14.3 Å². The lowest BCUT2D eigenvalue weighted by molar-refractivity contribution is -0.144. The summed E-state index contributed by atoms with van der Waals surface area (Å²) in [7, 11) is 0. The Labute approximate surface area is 109 Å². The number of ketones is 1. The van der Waals surface area contributed by atoms with Crippen LogP contribution in [0.3, 0.4) is 0 Å². The third-order valence-corrected chi connectivity index (χ3v) is 4.39. The summed E-state index contributed by atoms with van der Waals surface area (Å²) >= 11 is 0. The summed E-state index contributed by atoms with van der Waals surface area (Å²) in [5.74, 6) is 0.805. The molecule has 2 aliphatic rings. The molecule has 1 unspecified atom stereocenters. The lowest BCUT2D eigenvalue weighted by atomic mass is 9.82. The molecule has 0 aromatic heterocycles. The van der Waals surface area contributed by atoms with Gasteiger partial charge in [0, 0.05) is 12.3 Å². The van der Waals surface area contributed by atoms with Gasteiger partial charge in [-0.1, -0.05) is 19.9 Å². The molecule has 0 spiro atoms. The summed E-state index contributed by atoms with van der Waals surface area (Å²) in [6.45, 7) is 5.96. The van der Waals surface area contributed by atoms with E-state index in [0.29, 0.717) is 12.3 Å². The SMILES string of the molecule is C/C1=C\C[C@@H]2[C@H](CC(C)CCC1=O)OC(=O)[C@H]2C. The van der Waals surface area contributed by atoms with Crippen LogP contribution in [-0.4, -0.2) is 17.9 Å². The zero-order valence-corrected chi connectivity index (χ0v) is 11.4. The van der Waals surface area contributed by atoms with E-state index in [0.717, 1.165) is 24.8 Å². The van der Waals surface area contributed by atoms with Crippen molar-refractivity contribution in [3.05, 3.63) is 11.6 Å². The number of rotatable bonds is 0. The summed E-state index contributed by atoms with van der Waals surface area (Å²) in [5.41, 5.74) is 0.842. The van der Waals surface area contributed by atoms with E-state index in [1.54, 1.807) is 0 Å². The second-order valence-corrected chi connectivity index (χ2v) is 5.85. The van der Waals surface area contributed by atoms with Gasteiger partial charge in [0.15, 0.2) is 5.78 Å². The van der Waals surface area contributed by atoms with Crippen molar-refractivity contribution in [3.63, 3.8) is 0 Å². The number of carbonyl (C=O) groups is 2. The van der Waals surface area contributed by atoms with E-state index in [4.69, 9.17) is 4.74 Å². The van der Waals surface area contributed by atoms with E-state index in [2.05, 4.69) is 6.92 Å². The number of ether oxygens (including phenoxy) is 1. The Morgan fingerprint density at radius 3 is 2.72 bits per heavy atom. The van der Waals surface area contributed by atoms with Crippen molar-refractivity contribution in [3.8, 4) is 0 Å². The van der Waals surface area contributed by atoms with E-state index in [1.165, 1.54) is 0 Å². The minimum absolute atomic E-state index is 0.0409. The molecular formula is C15H22O3. The molecule has 0 aromatic carbocycles. The third kappa shape index (κ3) is 2.65. The van der Waals surface area contributed by atoms with Crippen molar-refractivity contribution in [1.29, 1.82) is 0 Å². The maximum atomic E-state index is 11.8. The Hall–Kier alpha value is -1.12. The summed E-state index contributed by atoms with van der Waals surface area (Å²) in [6, 6.07) is 0. The minimum Gasteiger partial charge on any atom is -0.462 e. The van der Waals surface area contributed by atoms with E-state index in [1.807, 2.05) is 19.9 Å². The van der Waals surface area contributed by atoms with Crippen molar-refractivity contribution in [2.75, 3.05) is 0 Å². The Morgan fingerprint density at radius 2 is 2.00 bits per heavy atom. The van der Waals surface area contributed by atoms with Crippen LogP contribution in [0.15, 0.2) is 11.6 Å². The smallest absolute Gasteiger partial charge is 0.309 e. The first kappa shape index (κ1) is 13.3. The second kappa shape index (κ2) is 5.25. The Kier molecular flexibility index (Phi) is 3.88. The van der Waals surface area contributed by atoms with Crippen LogP contribution in [0, 0.1) is 17.8 Å². The van der Waals surface area contributed by atoms with Gasteiger partial charge in [-0.05, 0) is 37.7 Å². The first-order valence-corrected chi connectivity index (χ1v) is 6.89. The predicted octanol–water partition coefficient (Wildman–Crippen LogP) is 2.89. The van der Waals surface area contributed by atoms with Crippen LogP contribution in [0.25, 0.3) is 0 Å². The molecule has 0 saturated carbocycles. The zero-order valence-electron chi connectivity index (χ0n) is 11.4. The van der Waals surface area contributed by atoms with Crippen molar-refractivity contribution < 1.29 is 14.3 Å². The highest BCUT2D eigenvalue weighted by Gasteiger charge is 2.41. The van der Waals surface area contributed by atoms with Gasteiger partial charge in [0.2, 0.25) is 0 Å². The fourth-order valence-corrected chi connectivity index (χ4v) is 2.94. The number of allylic oxidation sites excluding steroid dienone is 2. The zero-order chi connectivity index (χ0) is 13.3. The normalized spacial score (nSPS) is 40.7. The van der Waals surface area contributed by atoms with Gasteiger partial charge < -0.3 is 4.74 Å². The molecule has 3 nitrogen and oxygen atoms in total. The van der Waals surface area contributed by atoms with Crippen molar-refractivity contribution in [2.45, 2.75) is 52.6 Å². The lowest BCUT2D eigenvalue weighted by Gasteiger charge is -2.23. The molecule has 0 amide bonds. The molecule has 3 heteroatoms. The van der Waals surface area contributed by atoms with Gasteiger partial charge in [-0.2, -0.15) is 0 Å². The molecule has 100 valence electrons. The van der Waals surface area contributed by atoms with Crippen LogP contribution in [0.1, 0.15) is 46.5 Å². The molecule has 1 heterocycles. The van der Waals surface area contributed by atoms with Crippen LogP contribution < -0.4 is 0 Å². The molecule has 0 N–H and O–H groups in total. The monoisotopic (exact) mass is 250 g/mol. The number of fused-ring (bicyclic) bond motifs is 1. The number of carbonyl (C=O) groups excluding carboxylic acids is 2. The van der Waals surface area contributed by atoms with Gasteiger partial charge in [-0.25, -0.2) is 0 Å². The van der Waals surface area contributed by atoms with E-state index in [-0.39, 0.29) is 29.7 Å². The molecule has 1 aliphatic carbocycles. The summed E-state index contributed by atoms with van der Waals surface area (Å²) in [6.07, 6.45) is 5.21. The number of Topliss-reactive ketones (excluding diaryl/α,β-unsaturated/α-hetero) is 1. The average molecular weight is 250 g/mol. The summed E-state index contributed by atoms with van der Waals surface area (Å²) in [5, 5.41) is 0. The Bertz CT molecular complexity index is 383. The average Bonchev–Trinajstić information content (AvgIpc) is 2.58. The van der Waals surface area contributed by atoms with Gasteiger partial charge in [0.1, 0.15) is 6.10 Å². The van der Waals surface area contributed by atoms with Gasteiger partial charge in [-0.15, -0.1) is 0 Å². The third-order valence-electron chi connectivity index (χ3n) is 4.39. The molecule has 1 aliphatic heterocycles. The lowest BCUT2D eigenvalue weighted by Crippen LogP contribution is -2.23. The van der Waals surface area contributed by atoms with Gasteiger partial charge >= 0.3 is 5.97 Å². The fraction of sp³-hybridized carbons (Fsp3) is 0.733. The molecule has 0 bridgehead atoms. The highest BCUT2D eigenvalue weighted by atomic mass is 16.6. The van der Waals surface area contributed by atoms with Crippen LogP contribution in [0.2, 0.25) is 0 Å². The van der Waals surface area contributed by atoms with Crippen molar-refractivity contribution >= 4 is 11.8 Å². The molecule has 0 aromatic rings. The summed E-state index contributed by atoms with van der Waals surface area (Å²) in [4.78, 5) is 23.5. The van der Waals surface area contributed by atoms with Crippen LogP contribution in [0.4, 0.5) is 0 Å². The topological polar surface area (TPSA) is 43.4 Å². The summed E-state index contributed by atoms with van der Waals surface area (Å²) < 4.78 is 5.49. The molecule has 2 rings (SSSR count). The molecule has 0 radical (unpaired) electrons. The minimum atomic E-state index is -0.0752. The first-order chi connectivity index (χ1) is 8.49. The Balaban J connectivity index is 2.21. The second-order valence-electron chi connectivity index (χ2n) is 5.85. The molecule has 4 atom stereocenters. The molecule has 18 heavy (non-hydrogen) atoms. The number of esters is 1. The Morgan fingerprint density at radius 1 is 1.28 bits per heavy atom. The highest BCUT2D eigenvalue weighted by molar-refractivity contribution is 5.94. The maximum Gasteiger partial charge on any atom is 0.309 e. The van der Waals surface area contributed by atoms with Gasteiger partial charge in [-0.3, -0.25) is 9.59 Å². The maximum absolute atomic E-state index is 11.8. The first-order valence-electron chi connectivity index (χ1n) is 6.89. The standard InChI is InChI=1S/C15H22O3/c1-9-4-7-13(16)10(2)5-6-12-11(3)15(17)18-14(12)8-9/h5,9,11-12,14H,4,6-8H2,1-3H3/b10-5+/t9?,11-,12-,14-/m0/s1. The van der Waals surface area contributed by atoms with E-state index < -0.39 is 0 Å². The van der Waals surface area contributed by atoms with Crippen molar-refractivity contribution in [2.24, 2.45) is 17.8 Å². The van der Waals surface area contributed by atoms with Gasteiger partial charge in [0.25, 0.3) is 0 Å². The predicted molar refractivity (Wildman–Crippen MR) is 68.9 cm³/mol. The van der Waals surface area contributed by atoms with E-state index in [9.17, 15) is 9.59 Å². The van der Waals surface area contributed by atoms with Gasteiger partial charge in [0.05, 0.1) is 5.92 Å². The highest BCUT2D eigenvalue weighted by Crippen LogP contribution is 2.36. The van der Waals surface area contributed by atoms with Crippen LogP contribution in [0.5, 0.6) is 0 Å².